The molecular formula is C21H25N3O2. The summed E-state index contributed by atoms with van der Waals surface area (Å²) >= 11 is 0. The minimum atomic E-state index is -0.425. The van der Waals surface area contributed by atoms with E-state index in [1.807, 2.05) is 16.8 Å². The van der Waals surface area contributed by atoms with Gasteiger partial charge < -0.3 is 14.9 Å². The number of carbonyl (C=O) groups is 1. The van der Waals surface area contributed by atoms with Gasteiger partial charge in [-0.25, -0.2) is 4.98 Å². The van der Waals surface area contributed by atoms with Crippen LogP contribution in [0.4, 0.5) is 0 Å². The fraction of sp³-hybridized carbons (Fsp3) is 0.333. The van der Waals surface area contributed by atoms with Crippen molar-refractivity contribution in [3.8, 4) is 11.1 Å². The van der Waals surface area contributed by atoms with Crippen molar-refractivity contribution in [2.75, 3.05) is 6.61 Å². The van der Waals surface area contributed by atoms with E-state index in [-0.39, 0.29) is 12.4 Å². The fourth-order valence-corrected chi connectivity index (χ4v) is 3.56. The number of fused-ring (bicyclic) bond motifs is 1. The van der Waals surface area contributed by atoms with E-state index in [9.17, 15) is 4.79 Å². The van der Waals surface area contributed by atoms with Gasteiger partial charge in [0.1, 0.15) is 5.65 Å². The van der Waals surface area contributed by atoms with Gasteiger partial charge in [-0.15, -0.1) is 0 Å². The molecule has 5 heteroatoms. The van der Waals surface area contributed by atoms with Crippen molar-refractivity contribution in [1.82, 2.24) is 9.38 Å². The van der Waals surface area contributed by atoms with Crippen LogP contribution in [-0.4, -0.2) is 22.0 Å². The molecule has 2 N–H and O–H groups in total. The zero-order valence-electron chi connectivity index (χ0n) is 15.7. The Kier molecular flexibility index (Phi) is 5.09. The summed E-state index contributed by atoms with van der Waals surface area (Å²) in [5.41, 5.74) is 13.9. The van der Waals surface area contributed by atoms with Crippen LogP contribution in [0, 0.1) is 20.8 Å². The van der Waals surface area contributed by atoms with Gasteiger partial charge in [0.25, 0.3) is 0 Å². The number of rotatable bonds is 5. The van der Waals surface area contributed by atoms with E-state index in [4.69, 9.17) is 10.5 Å². The lowest BCUT2D eigenvalue weighted by Crippen LogP contribution is -2.18. The standard InChI is InChI=1S/C21H25N3O2/c1-5-26-19(25)11-18(22)16-10-17(21-23-6-7-24(21)12-16)20-14(3)8-13(2)9-15(20)4/h6-10,12,18H,5,11,22H2,1-4H3. The van der Waals surface area contributed by atoms with Crippen LogP contribution in [0.3, 0.4) is 0 Å². The van der Waals surface area contributed by atoms with Crippen LogP contribution in [0.15, 0.2) is 36.8 Å². The number of hydrogen-bond donors (Lipinski definition) is 1. The maximum atomic E-state index is 11.8. The number of benzene rings is 1. The lowest BCUT2D eigenvalue weighted by Gasteiger charge is -2.17. The lowest BCUT2D eigenvalue weighted by atomic mass is 9.92. The highest BCUT2D eigenvalue weighted by Gasteiger charge is 2.18. The second-order valence-electron chi connectivity index (χ2n) is 6.73. The summed E-state index contributed by atoms with van der Waals surface area (Å²) in [4.78, 5) is 16.3. The molecule has 0 saturated carbocycles. The predicted molar refractivity (Wildman–Crippen MR) is 103 cm³/mol. The highest BCUT2D eigenvalue weighted by Crippen LogP contribution is 2.33. The summed E-state index contributed by atoms with van der Waals surface area (Å²) in [6, 6.07) is 5.97. The lowest BCUT2D eigenvalue weighted by molar-refractivity contribution is -0.143. The van der Waals surface area contributed by atoms with Crippen molar-refractivity contribution in [1.29, 1.82) is 0 Å². The Hall–Kier alpha value is -2.66. The average Bonchev–Trinajstić information content (AvgIpc) is 3.02. The second kappa shape index (κ2) is 7.30. The molecule has 3 rings (SSSR count). The van der Waals surface area contributed by atoms with Gasteiger partial charge in [-0.1, -0.05) is 17.7 Å². The maximum Gasteiger partial charge on any atom is 0.307 e. The molecule has 0 aliphatic heterocycles. The minimum Gasteiger partial charge on any atom is -0.466 e. The van der Waals surface area contributed by atoms with Gasteiger partial charge >= 0.3 is 5.97 Å². The molecule has 0 saturated heterocycles. The van der Waals surface area contributed by atoms with Gasteiger partial charge in [0, 0.05) is 30.2 Å². The number of hydrogen-bond acceptors (Lipinski definition) is 4. The number of ether oxygens (including phenoxy) is 1. The molecule has 0 amide bonds. The van der Waals surface area contributed by atoms with Crippen LogP contribution in [0.5, 0.6) is 0 Å². The van der Waals surface area contributed by atoms with E-state index in [0.717, 1.165) is 22.3 Å². The Morgan fingerprint density at radius 2 is 1.92 bits per heavy atom. The third-order valence-electron chi connectivity index (χ3n) is 4.58. The molecule has 1 aromatic carbocycles. The Bertz CT molecular complexity index is 936. The number of imidazole rings is 1. The van der Waals surface area contributed by atoms with Gasteiger partial charge in [-0.2, -0.15) is 0 Å². The fourth-order valence-electron chi connectivity index (χ4n) is 3.56. The second-order valence-corrected chi connectivity index (χ2v) is 6.73. The summed E-state index contributed by atoms with van der Waals surface area (Å²) in [5.74, 6) is -0.282. The Morgan fingerprint density at radius 3 is 2.58 bits per heavy atom. The molecule has 5 nitrogen and oxygen atoms in total. The SMILES string of the molecule is CCOC(=O)CC(N)c1cc(-c2c(C)cc(C)cc2C)c2nccn2c1. The largest absolute Gasteiger partial charge is 0.466 e. The molecule has 1 atom stereocenters. The van der Waals surface area contributed by atoms with Crippen LogP contribution in [-0.2, 0) is 9.53 Å². The molecule has 0 fully saturated rings. The molecule has 26 heavy (non-hydrogen) atoms. The zero-order chi connectivity index (χ0) is 18.8. The highest BCUT2D eigenvalue weighted by atomic mass is 16.5. The van der Waals surface area contributed by atoms with Crippen molar-refractivity contribution in [3.05, 3.63) is 59.0 Å². The van der Waals surface area contributed by atoms with Crippen molar-refractivity contribution in [3.63, 3.8) is 0 Å². The Morgan fingerprint density at radius 1 is 1.23 bits per heavy atom. The summed E-state index contributed by atoms with van der Waals surface area (Å²) in [7, 11) is 0. The van der Waals surface area contributed by atoms with Gasteiger partial charge in [-0.3, -0.25) is 4.79 Å². The number of nitrogens with zero attached hydrogens (tertiary/aromatic N) is 2. The smallest absolute Gasteiger partial charge is 0.307 e. The third kappa shape index (κ3) is 3.48. The molecule has 0 bridgehead atoms. The van der Waals surface area contributed by atoms with E-state index >= 15 is 0 Å². The number of aryl methyl sites for hydroxylation is 3. The Labute approximate surface area is 153 Å². The first kappa shape index (κ1) is 18.1. The number of aromatic nitrogens is 2. The van der Waals surface area contributed by atoms with Crippen LogP contribution in [0.25, 0.3) is 16.8 Å². The topological polar surface area (TPSA) is 69.6 Å². The van der Waals surface area contributed by atoms with Gasteiger partial charge in [-0.05, 0) is 56.0 Å². The summed E-state index contributed by atoms with van der Waals surface area (Å²) < 4.78 is 7.00. The third-order valence-corrected chi connectivity index (χ3v) is 4.58. The highest BCUT2D eigenvalue weighted by molar-refractivity contribution is 5.82. The average molecular weight is 351 g/mol. The van der Waals surface area contributed by atoms with Crippen LogP contribution >= 0.6 is 0 Å². The van der Waals surface area contributed by atoms with Crippen LogP contribution in [0.2, 0.25) is 0 Å². The Balaban J connectivity index is 2.12. The van der Waals surface area contributed by atoms with E-state index in [2.05, 4.69) is 44.0 Å². The van der Waals surface area contributed by atoms with Crippen molar-refractivity contribution < 1.29 is 9.53 Å². The van der Waals surface area contributed by atoms with Crippen molar-refractivity contribution >= 4 is 11.6 Å². The molecule has 1 unspecified atom stereocenters. The number of carbonyl (C=O) groups excluding carboxylic acids is 1. The summed E-state index contributed by atoms with van der Waals surface area (Å²) in [6.07, 6.45) is 5.77. The summed E-state index contributed by atoms with van der Waals surface area (Å²) in [5, 5.41) is 0. The normalized spacial score (nSPS) is 12.3. The van der Waals surface area contributed by atoms with E-state index in [1.165, 1.54) is 16.7 Å². The van der Waals surface area contributed by atoms with Crippen molar-refractivity contribution in [2.24, 2.45) is 5.73 Å². The molecule has 2 aromatic heterocycles. The molecule has 0 aliphatic rings. The molecule has 0 aliphatic carbocycles. The van der Waals surface area contributed by atoms with E-state index in [1.54, 1.807) is 13.1 Å². The molecule has 3 aromatic rings. The first-order valence-electron chi connectivity index (χ1n) is 8.86. The van der Waals surface area contributed by atoms with Gasteiger partial charge in [0.05, 0.1) is 13.0 Å². The summed E-state index contributed by atoms with van der Waals surface area (Å²) in [6.45, 7) is 8.47. The molecule has 136 valence electrons. The molecular weight excluding hydrogens is 326 g/mol. The van der Waals surface area contributed by atoms with Crippen LogP contribution in [0.1, 0.15) is 41.6 Å². The molecule has 0 radical (unpaired) electrons. The quantitative estimate of drug-likeness (QED) is 0.708. The van der Waals surface area contributed by atoms with E-state index in [0.29, 0.717) is 6.61 Å². The van der Waals surface area contributed by atoms with Crippen LogP contribution < -0.4 is 5.73 Å². The predicted octanol–water partition coefficient (Wildman–Crippen LogP) is 3.88. The minimum absolute atomic E-state index is 0.152. The first-order chi connectivity index (χ1) is 12.4. The zero-order valence-corrected chi connectivity index (χ0v) is 15.7. The van der Waals surface area contributed by atoms with E-state index < -0.39 is 6.04 Å². The maximum absolute atomic E-state index is 11.8. The van der Waals surface area contributed by atoms with Crippen molar-refractivity contribution in [2.45, 2.75) is 40.2 Å². The molecule has 2 heterocycles. The number of esters is 1. The first-order valence-corrected chi connectivity index (χ1v) is 8.86. The molecule has 0 spiro atoms. The van der Waals surface area contributed by atoms with Gasteiger partial charge in [0.15, 0.2) is 0 Å². The number of pyridine rings is 1. The van der Waals surface area contributed by atoms with Gasteiger partial charge in [0.2, 0.25) is 0 Å². The monoisotopic (exact) mass is 351 g/mol. The number of nitrogens with two attached hydrogens (primary N) is 1.